The molecule has 8 heteroatoms. The smallest absolute Gasteiger partial charge is 0.338 e. The highest BCUT2D eigenvalue weighted by Gasteiger charge is 2.19. The van der Waals surface area contributed by atoms with Crippen LogP contribution in [0.15, 0.2) is 42.5 Å². The first-order valence-electron chi connectivity index (χ1n) is 6.83. The number of hydrogen-bond donors (Lipinski definition) is 0. The fourth-order valence-corrected chi connectivity index (χ4v) is 2.30. The average molecular weight is 338 g/mol. The lowest BCUT2D eigenvalue weighted by molar-refractivity contribution is 0.0386. The molecule has 0 unspecified atom stereocenters. The number of benzene rings is 2. The molecule has 0 aliphatic rings. The zero-order valence-corrected chi connectivity index (χ0v) is 12.0. The second-order valence-corrected chi connectivity index (χ2v) is 4.90. The number of hydrogen-bond acceptors (Lipinski definition) is 3. The number of halogens is 4. The third-order valence-corrected chi connectivity index (χ3v) is 3.29. The van der Waals surface area contributed by atoms with Gasteiger partial charge in [0.1, 0.15) is 18.2 Å². The second-order valence-electron chi connectivity index (χ2n) is 4.90. The number of para-hydroxylation sites is 2. The van der Waals surface area contributed by atoms with Crippen molar-refractivity contribution < 1.29 is 27.1 Å². The fourth-order valence-electron chi connectivity index (χ4n) is 2.30. The Hall–Kier alpha value is -2.90. The maximum atomic E-state index is 13.2. The predicted molar refractivity (Wildman–Crippen MR) is 76.5 cm³/mol. The number of fused-ring (bicyclic) bond motifs is 1. The van der Waals surface area contributed by atoms with Gasteiger partial charge in [-0.1, -0.05) is 12.1 Å². The van der Waals surface area contributed by atoms with Crippen molar-refractivity contribution in [3.05, 3.63) is 65.5 Å². The number of ether oxygens (including phenoxy) is 1. The number of carbonyl (C=O) groups excluding carboxylic acids is 1. The summed E-state index contributed by atoms with van der Waals surface area (Å²) in [6, 6.07) is 8.41. The molecular formula is C16H10F4N2O2. The number of aromatic nitrogens is 2. The lowest BCUT2D eigenvalue weighted by atomic mass is 10.2. The van der Waals surface area contributed by atoms with Crippen molar-refractivity contribution in [1.29, 1.82) is 0 Å². The molecule has 0 amide bonds. The van der Waals surface area contributed by atoms with Crippen LogP contribution >= 0.6 is 0 Å². The first-order valence-corrected chi connectivity index (χ1v) is 6.83. The minimum atomic E-state index is -2.88. The van der Waals surface area contributed by atoms with E-state index in [0.717, 1.165) is 12.1 Å². The Morgan fingerprint density at radius 1 is 1.12 bits per heavy atom. The van der Waals surface area contributed by atoms with E-state index in [2.05, 4.69) is 4.98 Å². The Morgan fingerprint density at radius 3 is 2.46 bits per heavy atom. The van der Waals surface area contributed by atoms with Crippen LogP contribution in [0.3, 0.4) is 0 Å². The highest BCUT2D eigenvalue weighted by Crippen LogP contribution is 2.23. The molecule has 4 nitrogen and oxygen atoms in total. The maximum absolute atomic E-state index is 13.2. The summed E-state index contributed by atoms with van der Waals surface area (Å²) >= 11 is 0. The van der Waals surface area contributed by atoms with Crippen molar-refractivity contribution in [2.24, 2.45) is 0 Å². The number of imidazole rings is 1. The first kappa shape index (κ1) is 16.0. The van der Waals surface area contributed by atoms with E-state index in [9.17, 15) is 22.4 Å². The molecule has 0 saturated carbocycles. The van der Waals surface area contributed by atoms with Gasteiger partial charge in [-0.2, -0.15) is 8.78 Å². The van der Waals surface area contributed by atoms with Gasteiger partial charge in [0.25, 0.3) is 0 Å². The van der Waals surface area contributed by atoms with Crippen LogP contribution < -0.4 is 0 Å². The molecule has 0 aliphatic heterocycles. The van der Waals surface area contributed by atoms with E-state index in [1.165, 1.54) is 6.07 Å². The van der Waals surface area contributed by atoms with Crippen molar-refractivity contribution in [2.75, 3.05) is 0 Å². The van der Waals surface area contributed by atoms with Crippen molar-refractivity contribution in [2.45, 2.75) is 13.2 Å². The molecule has 0 fully saturated rings. The van der Waals surface area contributed by atoms with E-state index in [1.807, 2.05) is 0 Å². The van der Waals surface area contributed by atoms with Gasteiger partial charge in [-0.25, -0.2) is 18.6 Å². The highest BCUT2D eigenvalue weighted by atomic mass is 19.3. The Labute approximate surface area is 133 Å². The third-order valence-electron chi connectivity index (χ3n) is 3.29. The molecule has 0 atom stereocenters. The molecule has 2 aromatic carbocycles. The molecule has 0 bridgehead atoms. The minimum Gasteiger partial charge on any atom is -0.454 e. The van der Waals surface area contributed by atoms with Gasteiger partial charge in [-0.15, -0.1) is 0 Å². The van der Waals surface area contributed by atoms with Crippen LogP contribution in [0, 0.1) is 11.6 Å². The summed E-state index contributed by atoms with van der Waals surface area (Å²) in [4.78, 5) is 15.8. The zero-order chi connectivity index (χ0) is 17.3. The number of rotatable bonds is 4. The van der Waals surface area contributed by atoms with Crippen LogP contribution in [0.25, 0.3) is 11.0 Å². The summed E-state index contributed by atoms with van der Waals surface area (Å²) in [5.41, 5.74) is 0.156. The van der Waals surface area contributed by atoms with Crippen LogP contribution in [0.5, 0.6) is 0 Å². The fraction of sp³-hybridized carbons (Fsp3) is 0.125. The normalized spacial score (nSPS) is 11.2. The van der Waals surface area contributed by atoms with Crippen LogP contribution in [0.4, 0.5) is 17.6 Å². The molecule has 124 valence electrons. The lowest BCUT2D eigenvalue weighted by Gasteiger charge is -2.08. The lowest BCUT2D eigenvalue weighted by Crippen LogP contribution is -2.11. The van der Waals surface area contributed by atoms with Crippen LogP contribution in [0.1, 0.15) is 22.7 Å². The van der Waals surface area contributed by atoms with Crippen molar-refractivity contribution in [3.8, 4) is 0 Å². The van der Waals surface area contributed by atoms with Crippen LogP contribution in [-0.4, -0.2) is 15.5 Å². The van der Waals surface area contributed by atoms with Gasteiger partial charge < -0.3 is 4.74 Å². The molecule has 0 spiro atoms. The molecule has 1 heterocycles. The largest absolute Gasteiger partial charge is 0.454 e. The van der Waals surface area contributed by atoms with Gasteiger partial charge in [0.15, 0.2) is 5.82 Å². The monoisotopic (exact) mass is 338 g/mol. The topological polar surface area (TPSA) is 44.1 Å². The minimum absolute atomic E-state index is 0.170. The molecule has 0 aliphatic carbocycles. The summed E-state index contributed by atoms with van der Waals surface area (Å²) in [6.45, 7) is -3.44. The van der Waals surface area contributed by atoms with Crippen LogP contribution in [-0.2, 0) is 11.3 Å². The number of nitrogens with zero attached hydrogens (tertiary/aromatic N) is 2. The van der Waals surface area contributed by atoms with Crippen LogP contribution in [0.2, 0.25) is 0 Å². The van der Waals surface area contributed by atoms with Gasteiger partial charge in [0.05, 0.1) is 16.6 Å². The van der Waals surface area contributed by atoms with E-state index in [-0.39, 0.29) is 16.9 Å². The molecule has 3 rings (SSSR count). The Bertz CT molecular complexity index is 888. The Morgan fingerprint density at radius 2 is 1.79 bits per heavy atom. The molecule has 3 aromatic rings. The number of alkyl halides is 2. The van der Waals surface area contributed by atoms with Crippen molar-refractivity contribution in [3.63, 3.8) is 0 Å². The Balaban J connectivity index is 1.85. The van der Waals surface area contributed by atoms with E-state index in [4.69, 9.17) is 4.74 Å². The average Bonchev–Trinajstić information content (AvgIpc) is 2.90. The molecule has 0 radical (unpaired) electrons. The standard InChI is InChI=1S/C16H10F4N2O2/c17-10-5-9(6-11(18)7-10)15(23)24-8-14-21-12-3-1-2-4-13(12)22(14)16(19)20/h1-7,16H,8H2. The summed E-state index contributed by atoms with van der Waals surface area (Å²) < 4.78 is 58.1. The van der Waals surface area contributed by atoms with E-state index in [0.29, 0.717) is 16.2 Å². The van der Waals surface area contributed by atoms with E-state index in [1.54, 1.807) is 18.2 Å². The number of esters is 1. The summed E-state index contributed by atoms with van der Waals surface area (Å²) in [5.74, 6) is -3.10. The molecule has 0 saturated heterocycles. The second kappa shape index (κ2) is 6.31. The van der Waals surface area contributed by atoms with E-state index >= 15 is 0 Å². The van der Waals surface area contributed by atoms with Gasteiger partial charge in [0, 0.05) is 6.07 Å². The van der Waals surface area contributed by atoms with Crippen molar-refractivity contribution >= 4 is 17.0 Å². The summed E-state index contributed by atoms with van der Waals surface area (Å²) in [6.07, 6.45) is 0. The van der Waals surface area contributed by atoms with Gasteiger partial charge in [-0.05, 0) is 24.3 Å². The van der Waals surface area contributed by atoms with Gasteiger partial charge >= 0.3 is 12.5 Å². The molecule has 24 heavy (non-hydrogen) atoms. The molecule has 1 aromatic heterocycles. The zero-order valence-electron chi connectivity index (χ0n) is 12.0. The number of carbonyl (C=O) groups is 1. The first-order chi connectivity index (χ1) is 11.5. The van der Waals surface area contributed by atoms with Gasteiger partial charge in [0.2, 0.25) is 0 Å². The molecular weight excluding hydrogens is 328 g/mol. The summed E-state index contributed by atoms with van der Waals surface area (Å²) in [7, 11) is 0. The quantitative estimate of drug-likeness (QED) is 0.532. The predicted octanol–water partition coefficient (Wildman–Crippen LogP) is 4.07. The molecule has 0 N–H and O–H groups in total. The third kappa shape index (κ3) is 3.08. The summed E-state index contributed by atoms with van der Waals surface area (Å²) in [5, 5.41) is 0. The van der Waals surface area contributed by atoms with Crippen molar-refractivity contribution in [1.82, 2.24) is 9.55 Å². The van der Waals surface area contributed by atoms with Gasteiger partial charge in [-0.3, -0.25) is 4.57 Å². The van der Waals surface area contributed by atoms with E-state index < -0.39 is 30.8 Å². The Kier molecular flexibility index (Phi) is 4.20. The SMILES string of the molecule is O=C(OCc1nc2ccccc2n1C(F)F)c1cc(F)cc(F)c1. The highest BCUT2D eigenvalue weighted by molar-refractivity contribution is 5.89. The maximum Gasteiger partial charge on any atom is 0.338 e.